The van der Waals surface area contributed by atoms with Gasteiger partial charge in [-0.15, -0.1) is 287 Å². The van der Waals surface area contributed by atoms with Crippen LogP contribution in [0.25, 0.3) is 162 Å². The number of rotatable bonds is 9. The van der Waals surface area contributed by atoms with E-state index in [4.69, 9.17) is 0 Å². The third kappa shape index (κ3) is 26.7. The molecule has 0 aliphatic heterocycles. The van der Waals surface area contributed by atoms with Crippen LogP contribution in [0.2, 0.25) is 0 Å². The van der Waals surface area contributed by atoms with Crippen LogP contribution in [-0.2, 0) is 60.3 Å². The summed E-state index contributed by atoms with van der Waals surface area (Å²) in [6.45, 7) is 0. The molecule has 132 heavy (non-hydrogen) atoms. The third-order valence-corrected chi connectivity index (χ3v) is 23.1. The fourth-order valence-corrected chi connectivity index (χ4v) is 16.9. The summed E-state index contributed by atoms with van der Waals surface area (Å²) < 4.78 is 7.80. The van der Waals surface area contributed by atoms with Crippen molar-refractivity contribution in [3.63, 3.8) is 0 Å². The summed E-state index contributed by atoms with van der Waals surface area (Å²) in [5.74, 6) is 0. The number of hydrogen-bond acceptors (Lipinski definition) is 12. The van der Waals surface area contributed by atoms with Gasteiger partial charge in [-0.3, -0.25) is 0 Å². The molecule has 0 saturated carbocycles. The fourth-order valence-electron chi connectivity index (χ4n) is 13.5. The molecule has 12 aromatic carbocycles. The standard InChI is InChI=1S/3C17H10NS.6C11H8N.3Ir/c1-2-10-16-12(6-1)13-7-5-8-14(17(13)19-16)15-9-3-4-11-18-15;1-2-7-16-13(5-1)14-11-12(8-9-17(14)19-16)15-6-3-4-10-18-15;1-2-7-16-13(5-1)14-9-8-12(11-17(14)19-16)15-6-3-4-10-18-15;6*1-2-6-10(7-3-1)11-8-4-5-9-12-11;;;/h3*1-7,9-11H;6*1-6,8-9H;;;/q9*-1;3*+3. The molecule has 0 spiro atoms. The minimum absolute atomic E-state index is 0. The van der Waals surface area contributed by atoms with Gasteiger partial charge in [0, 0.05) is 69.9 Å². The predicted molar refractivity (Wildman–Crippen MR) is 535 cm³/mol. The Morgan fingerprint density at radius 1 is 0.159 bits per heavy atom. The van der Waals surface area contributed by atoms with Gasteiger partial charge in [0.25, 0.3) is 0 Å². The molecular formula is C117H78Ir3N9S3. The quantitative estimate of drug-likeness (QED) is 0.130. The molecule has 0 amide bonds. The van der Waals surface area contributed by atoms with Crippen molar-refractivity contribution >= 4 is 94.5 Å². The Kier molecular flexibility index (Phi) is 36.9. The zero-order valence-corrected chi connectivity index (χ0v) is 80.4. The van der Waals surface area contributed by atoms with E-state index >= 15 is 0 Å². The average molecular weight is 2280 g/mol. The van der Waals surface area contributed by atoms with Gasteiger partial charge in [0.1, 0.15) is 0 Å². The molecule has 0 radical (unpaired) electrons. The zero-order chi connectivity index (χ0) is 87.3. The van der Waals surface area contributed by atoms with Gasteiger partial charge in [-0.1, -0.05) is 180 Å². The van der Waals surface area contributed by atoms with Crippen LogP contribution in [0, 0.1) is 54.6 Å². The molecule has 24 rings (SSSR count). The first kappa shape index (κ1) is 95.2. The smallest absolute Gasteiger partial charge is 0.305 e. The topological polar surface area (TPSA) is 116 Å². The van der Waals surface area contributed by atoms with Gasteiger partial charge in [0.05, 0.1) is 0 Å². The van der Waals surface area contributed by atoms with Crippen LogP contribution < -0.4 is 0 Å². The zero-order valence-electron chi connectivity index (χ0n) is 70.8. The van der Waals surface area contributed by atoms with Gasteiger partial charge < -0.3 is 44.9 Å². The summed E-state index contributed by atoms with van der Waals surface area (Å²) in [5, 5.41) is 7.80. The van der Waals surface area contributed by atoms with Crippen LogP contribution in [0.5, 0.6) is 0 Å². The molecule has 15 heteroatoms. The third-order valence-electron chi connectivity index (χ3n) is 19.7. The van der Waals surface area contributed by atoms with Crippen molar-refractivity contribution in [1.82, 2.24) is 44.9 Å². The largest absolute Gasteiger partial charge is 3.00 e. The van der Waals surface area contributed by atoms with Crippen molar-refractivity contribution < 1.29 is 60.3 Å². The van der Waals surface area contributed by atoms with E-state index in [0.717, 1.165) is 101 Å². The molecule has 0 aliphatic carbocycles. The van der Waals surface area contributed by atoms with E-state index in [1.54, 1.807) is 37.2 Å². The number of pyridine rings is 9. The van der Waals surface area contributed by atoms with Crippen molar-refractivity contribution in [1.29, 1.82) is 0 Å². The van der Waals surface area contributed by atoms with Crippen molar-refractivity contribution in [2.75, 3.05) is 0 Å². The molecular weight excluding hydrogens is 2200 g/mol. The normalized spacial score (nSPS) is 10.1. The molecule has 24 aromatic rings. The van der Waals surface area contributed by atoms with Gasteiger partial charge >= 0.3 is 60.3 Å². The summed E-state index contributed by atoms with van der Waals surface area (Å²) in [7, 11) is 0. The molecule has 0 atom stereocenters. The van der Waals surface area contributed by atoms with Crippen LogP contribution in [0.15, 0.2) is 474 Å². The second kappa shape index (κ2) is 51.1. The Morgan fingerprint density at radius 2 is 0.417 bits per heavy atom. The van der Waals surface area contributed by atoms with Crippen LogP contribution in [0.1, 0.15) is 0 Å². The summed E-state index contributed by atoms with van der Waals surface area (Å²) in [6, 6.07) is 167. The molecule has 0 unspecified atom stereocenters. The van der Waals surface area contributed by atoms with Gasteiger partial charge in [-0.25, -0.2) is 0 Å². The average Bonchev–Trinajstić information content (AvgIpc) is 1.64. The molecule has 0 aliphatic rings. The monoisotopic (exact) mass is 2280 g/mol. The van der Waals surface area contributed by atoms with E-state index in [9.17, 15) is 0 Å². The number of nitrogens with zero attached hydrogens (tertiary/aromatic N) is 9. The van der Waals surface area contributed by atoms with Crippen LogP contribution in [0.4, 0.5) is 0 Å². The van der Waals surface area contributed by atoms with Gasteiger partial charge in [0.15, 0.2) is 0 Å². The van der Waals surface area contributed by atoms with E-state index in [-0.39, 0.29) is 60.3 Å². The molecule has 0 N–H and O–H groups in total. The van der Waals surface area contributed by atoms with Crippen LogP contribution in [-0.4, -0.2) is 44.9 Å². The maximum atomic E-state index is 4.44. The summed E-state index contributed by atoms with van der Waals surface area (Å²) in [4.78, 5) is 38.5. The first-order chi connectivity index (χ1) is 64.1. The summed E-state index contributed by atoms with van der Waals surface area (Å²) in [5.41, 5.74) is 18.2. The van der Waals surface area contributed by atoms with Gasteiger partial charge in [0.2, 0.25) is 0 Å². The Bertz CT molecular complexity index is 6600. The molecule has 0 saturated heterocycles. The van der Waals surface area contributed by atoms with Crippen LogP contribution >= 0.6 is 34.0 Å². The SMILES string of the molecule is [Ir+3].[Ir+3].[Ir+3].[c-]1cc2c(cc1-c1ccccn1)sc1ccccc12.[c-]1cc2sc3ccccc3c2cc1-c1ccccn1.[c-]1ccc2c(sc3ccccc32)c1-c1ccccn1.[c-]1ccccc1-c1ccccn1.[c-]1ccccc1-c1ccccn1.[c-]1ccccc1-c1ccccn1.[c-]1ccccc1-c1ccccn1.[c-]1ccccc1-c1ccccn1.[c-]1ccccc1-c1ccccn1. The Balaban J connectivity index is 0.000000127. The number of aromatic nitrogens is 9. The van der Waals surface area contributed by atoms with E-state index in [2.05, 4.69) is 203 Å². The molecule has 0 fully saturated rings. The number of benzene rings is 12. The Hall–Kier alpha value is -14.4. The maximum absolute atomic E-state index is 4.44. The minimum Gasteiger partial charge on any atom is -0.305 e. The number of thiophene rings is 3. The Labute approximate surface area is 822 Å². The van der Waals surface area contributed by atoms with Crippen molar-refractivity contribution in [2.24, 2.45) is 0 Å². The van der Waals surface area contributed by atoms with Crippen LogP contribution in [0.3, 0.4) is 0 Å². The van der Waals surface area contributed by atoms with Gasteiger partial charge in [-0.05, 0) is 154 Å². The second-order valence-corrected chi connectivity index (χ2v) is 31.5. The van der Waals surface area contributed by atoms with Crippen molar-refractivity contribution in [2.45, 2.75) is 0 Å². The molecule has 9 nitrogen and oxygen atoms in total. The first-order valence-electron chi connectivity index (χ1n) is 41.6. The van der Waals surface area contributed by atoms with E-state index < -0.39 is 0 Å². The molecule has 0 bridgehead atoms. The van der Waals surface area contributed by atoms with Crippen molar-refractivity contribution in [3.05, 3.63) is 529 Å². The molecule has 636 valence electrons. The first-order valence-corrected chi connectivity index (χ1v) is 44.0. The second-order valence-electron chi connectivity index (χ2n) is 28.2. The summed E-state index contributed by atoms with van der Waals surface area (Å²) in [6.07, 6.45) is 16.2. The summed E-state index contributed by atoms with van der Waals surface area (Å²) >= 11 is 5.45. The van der Waals surface area contributed by atoms with Gasteiger partial charge in [-0.2, -0.15) is 34.0 Å². The molecule has 12 heterocycles. The number of hydrogen-bond donors (Lipinski definition) is 0. The minimum atomic E-state index is 0. The maximum Gasteiger partial charge on any atom is 3.00 e. The number of fused-ring (bicyclic) bond motifs is 9. The van der Waals surface area contributed by atoms with Crippen molar-refractivity contribution in [3.8, 4) is 101 Å². The van der Waals surface area contributed by atoms with E-state index in [0.29, 0.717) is 0 Å². The van der Waals surface area contributed by atoms with E-state index in [1.807, 2.05) is 368 Å². The predicted octanol–water partition coefficient (Wildman–Crippen LogP) is 30.0. The molecule has 12 aromatic heterocycles. The fraction of sp³-hybridized carbons (Fsp3) is 0. The Morgan fingerprint density at radius 3 is 0.727 bits per heavy atom. The van der Waals surface area contributed by atoms with E-state index in [1.165, 1.54) is 60.5 Å².